The van der Waals surface area contributed by atoms with Crippen LogP contribution in [0.15, 0.2) is 66.4 Å². The zero-order valence-electron chi connectivity index (χ0n) is 12.0. The number of para-hydroxylation sites is 3. The van der Waals surface area contributed by atoms with Crippen LogP contribution in [0.25, 0.3) is 0 Å². The van der Waals surface area contributed by atoms with Crippen molar-refractivity contribution in [2.75, 3.05) is 17.7 Å². The zero-order chi connectivity index (χ0) is 15.8. The van der Waals surface area contributed by atoms with Crippen molar-refractivity contribution in [1.29, 1.82) is 5.26 Å². The molecule has 0 atom stereocenters. The van der Waals surface area contributed by atoms with E-state index in [2.05, 4.69) is 10.6 Å². The first-order chi connectivity index (χ1) is 10.7. The Bertz CT molecular complexity index is 718. The third-order valence-electron chi connectivity index (χ3n) is 2.88. The van der Waals surface area contributed by atoms with E-state index in [1.165, 1.54) is 6.20 Å². The molecule has 110 valence electrons. The lowest BCUT2D eigenvalue weighted by Gasteiger charge is -2.08. The molecule has 0 saturated carbocycles. The molecule has 0 unspecified atom stereocenters. The van der Waals surface area contributed by atoms with Crippen molar-refractivity contribution in [3.63, 3.8) is 0 Å². The number of carbonyl (C=O) groups excluding carboxylic acids is 1. The predicted octanol–water partition coefficient (Wildman–Crippen LogP) is 3.15. The predicted molar refractivity (Wildman–Crippen MR) is 85.4 cm³/mol. The van der Waals surface area contributed by atoms with Crippen molar-refractivity contribution in [2.45, 2.75) is 0 Å². The Kier molecular flexibility index (Phi) is 5.16. The number of nitrogens with zero attached hydrogens (tertiary/aromatic N) is 1. The summed E-state index contributed by atoms with van der Waals surface area (Å²) in [6.45, 7) is 0. The Morgan fingerprint density at radius 2 is 1.82 bits per heavy atom. The zero-order valence-corrected chi connectivity index (χ0v) is 12.0. The monoisotopic (exact) mass is 293 g/mol. The Morgan fingerprint density at radius 1 is 1.14 bits per heavy atom. The molecule has 0 radical (unpaired) electrons. The molecule has 0 bridgehead atoms. The number of nitrogens with one attached hydrogen (secondary N) is 2. The molecule has 0 aliphatic rings. The molecular formula is C17H15N3O2. The van der Waals surface area contributed by atoms with Gasteiger partial charge in [0.25, 0.3) is 5.91 Å². The second-order valence-electron chi connectivity index (χ2n) is 4.33. The van der Waals surface area contributed by atoms with E-state index in [0.717, 1.165) is 0 Å². The molecule has 0 spiro atoms. The average Bonchev–Trinajstić information content (AvgIpc) is 2.56. The van der Waals surface area contributed by atoms with Crippen molar-refractivity contribution >= 4 is 17.3 Å². The van der Waals surface area contributed by atoms with Crippen LogP contribution in [-0.2, 0) is 4.79 Å². The van der Waals surface area contributed by atoms with Gasteiger partial charge in [-0.15, -0.1) is 0 Å². The van der Waals surface area contributed by atoms with Gasteiger partial charge in [-0.1, -0.05) is 30.3 Å². The Morgan fingerprint density at radius 3 is 2.50 bits per heavy atom. The van der Waals surface area contributed by atoms with Gasteiger partial charge in [0.1, 0.15) is 17.4 Å². The molecule has 5 nitrogen and oxygen atoms in total. The van der Waals surface area contributed by atoms with Crippen LogP contribution in [0.5, 0.6) is 5.75 Å². The minimum atomic E-state index is -0.476. The van der Waals surface area contributed by atoms with Gasteiger partial charge in [0.15, 0.2) is 0 Å². The summed E-state index contributed by atoms with van der Waals surface area (Å²) in [6.07, 6.45) is 1.36. The van der Waals surface area contributed by atoms with Gasteiger partial charge >= 0.3 is 0 Å². The highest BCUT2D eigenvalue weighted by Gasteiger charge is 2.09. The van der Waals surface area contributed by atoms with E-state index in [1.54, 1.807) is 43.5 Å². The summed E-state index contributed by atoms with van der Waals surface area (Å²) < 4.78 is 5.19. The van der Waals surface area contributed by atoms with Crippen LogP contribution in [0.4, 0.5) is 11.4 Å². The summed E-state index contributed by atoms with van der Waals surface area (Å²) in [6, 6.07) is 18.1. The van der Waals surface area contributed by atoms with E-state index in [-0.39, 0.29) is 5.57 Å². The first-order valence-electron chi connectivity index (χ1n) is 6.61. The number of anilines is 2. The maximum Gasteiger partial charge on any atom is 0.267 e. The second-order valence-corrected chi connectivity index (χ2v) is 4.33. The van der Waals surface area contributed by atoms with Crippen molar-refractivity contribution < 1.29 is 9.53 Å². The lowest BCUT2D eigenvalue weighted by molar-refractivity contribution is -0.112. The normalized spacial score (nSPS) is 10.5. The smallest absolute Gasteiger partial charge is 0.267 e. The number of carbonyl (C=O) groups is 1. The van der Waals surface area contributed by atoms with E-state index in [1.807, 2.05) is 24.3 Å². The number of hydrogen-bond acceptors (Lipinski definition) is 4. The largest absolute Gasteiger partial charge is 0.495 e. The molecule has 0 aliphatic carbocycles. The molecular weight excluding hydrogens is 278 g/mol. The van der Waals surface area contributed by atoms with Gasteiger partial charge < -0.3 is 15.4 Å². The number of nitriles is 1. The van der Waals surface area contributed by atoms with Crippen LogP contribution in [0.1, 0.15) is 0 Å². The SMILES string of the molecule is COc1ccccc1N/C=C(\C#N)C(=O)Nc1ccccc1. The summed E-state index contributed by atoms with van der Waals surface area (Å²) >= 11 is 0. The maximum atomic E-state index is 12.0. The summed E-state index contributed by atoms with van der Waals surface area (Å²) in [5.41, 5.74) is 1.27. The lowest BCUT2D eigenvalue weighted by Crippen LogP contribution is -2.14. The van der Waals surface area contributed by atoms with Gasteiger partial charge in [-0.25, -0.2) is 0 Å². The Hall–Kier alpha value is -3.26. The Balaban J connectivity index is 2.11. The molecule has 1 amide bonds. The lowest BCUT2D eigenvalue weighted by atomic mass is 10.2. The number of hydrogen-bond donors (Lipinski definition) is 2. The van der Waals surface area contributed by atoms with Crippen LogP contribution in [0.3, 0.4) is 0 Å². The summed E-state index contributed by atoms with van der Waals surface area (Å²) in [4.78, 5) is 12.0. The van der Waals surface area contributed by atoms with Crippen molar-refractivity contribution in [2.24, 2.45) is 0 Å². The van der Waals surface area contributed by atoms with Gasteiger partial charge in [0.2, 0.25) is 0 Å². The topological polar surface area (TPSA) is 74.1 Å². The molecule has 2 rings (SSSR count). The highest BCUT2D eigenvalue weighted by Crippen LogP contribution is 2.23. The van der Waals surface area contributed by atoms with Gasteiger partial charge in [-0.05, 0) is 24.3 Å². The van der Waals surface area contributed by atoms with Crippen LogP contribution in [0, 0.1) is 11.3 Å². The fourth-order valence-corrected chi connectivity index (χ4v) is 1.78. The second kappa shape index (κ2) is 7.50. The summed E-state index contributed by atoms with van der Waals surface area (Å²) in [5, 5.41) is 14.7. The van der Waals surface area contributed by atoms with Crippen LogP contribution in [-0.4, -0.2) is 13.0 Å². The van der Waals surface area contributed by atoms with E-state index in [9.17, 15) is 4.79 Å². The quantitative estimate of drug-likeness (QED) is 0.656. The maximum absolute atomic E-state index is 12.0. The fraction of sp³-hybridized carbons (Fsp3) is 0.0588. The van der Waals surface area contributed by atoms with Crippen LogP contribution < -0.4 is 15.4 Å². The third kappa shape index (κ3) is 3.87. The van der Waals surface area contributed by atoms with Gasteiger partial charge in [-0.2, -0.15) is 5.26 Å². The van der Waals surface area contributed by atoms with E-state index in [0.29, 0.717) is 17.1 Å². The van der Waals surface area contributed by atoms with E-state index < -0.39 is 5.91 Å². The summed E-state index contributed by atoms with van der Waals surface area (Å²) in [7, 11) is 1.55. The summed E-state index contributed by atoms with van der Waals surface area (Å²) in [5.74, 6) is 0.149. The molecule has 2 aromatic carbocycles. The molecule has 0 aromatic heterocycles. The molecule has 0 heterocycles. The average molecular weight is 293 g/mol. The minimum absolute atomic E-state index is 0.0326. The molecule has 0 saturated heterocycles. The first kappa shape index (κ1) is 15.1. The number of ether oxygens (including phenoxy) is 1. The molecule has 0 fully saturated rings. The molecule has 5 heteroatoms. The van der Waals surface area contributed by atoms with Crippen molar-refractivity contribution in [3.05, 3.63) is 66.4 Å². The van der Waals surface area contributed by atoms with Crippen LogP contribution >= 0.6 is 0 Å². The highest BCUT2D eigenvalue weighted by molar-refractivity contribution is 6.06. The molecule has 22 heavy (non-hydrogen) atoms. The van der Waals surface area contributed by atoms with Crippen molar-refractivity contribution in [3.8, 4) is 11.8 Å². The minimum Gasteiger partial charge on any atom is -0.495 e. The first-order valence-corrected chi connectivity index (χ1v) is 6.61. The van der Waals surface area contributed by atoms with Crippen LogP contribution in [0.2, 0.25) is 0 Å². The molecule has 0 aliphatic heterocycles. The standard InChI is InChI=1S/C17H15N3O2/c1-22-16-10-6-5-9-15(16)19-12-13(11-18)17(21)20-14-7-3-2-4-8-14/h2-10,12,19H,1H3,(H,20,21)/b13-12+. The van der Waals surface area contributed by atoms with E-state index >= 15 is 0 Å². The van der Waals surface area contributed by atoms with E-state index in [4.69, 9.17) is 10.00 Å². The number of amides is 1. The van der Waals surface area contributed by atoms with Gasteiger partial charge in [-0.3, -0.25) is 4.79 Å². The fourth-order valence-electron chi connectivity index (χ4n) is 1.78. The molecule has 2 aromatic rings. The van der Waals surface area contributed by atoms with Gasteiger partial charge in [0.05, 0.1) is 12.8 Å². The number of methoxy groups -OCH3 is 1. The van der Waals surface area contributed by atoms with Gasteiger partial charge in [0, 0.05) is 11.9 Å². The number of benzene rings is 2. The highest BCUT2D eigenvalue weighted by atomic mass is 16.5. The third-order valence-corrected chi connectivity index (χ3v) is 2.88. The number of rotatable bonds is 5. The van der Waals surface area contributed by atoms with Crippen molar-refractivity contribution in [1.82, 2.24) is 0 Å². The molecule has 2 N–H and O–H groups in total. The Labute approximate surface area is 128 Å².